The van der Waals surface area contributed by atoms with Crippen molar-refractivity contribution in [1.29, 1.82) is 0 Å². The number of benzene rings is 1. The Bertz CT molecular complexity index is 509. The number of aryl methyl sites for hydroxylation is 1. The van der Waals surface area contributed by atoms with Crippen molar-refractivity contribution in [3.05, 3.63) is 56.5 Å². The van der Waals surface area contributed by atoms with Crippen LogP contribution in [0.5, 0.6) is 0 Å². The largest absolute Gasteiger partial charge is 0.384 e. The van der Waals surface area contributed by atoms with E-state index in [-0.39, 0.29) is 5.02 Å². The van der Waals surface area contributed by atoms with Gasteiger partial charge in [0.05, 0.1) is 5.02 Å². The molecule has 1 nitrogen and oxygen atoms in total. The number of halogens is 2. The molecule has 1 heterocycles. The van der Waals surface area contributed by atoms with E-state index in [1.165, 1.54) is 12.1 Å². The Morgan fingerprint density at radius 2 is 2.12 bits per heavy atom. The molecule has 4 heteroatoms. The van der Waals surface area contributed by atoms with Gasteiger partial charge in [-0.3, -0.25) is 0 Å². The Kier molecular flexibility index (Phi) is 3.28. The third-order valence-electron chi connectivity index (χ3n) is 2.45. The number of thiophene rings is 1. The monoisotopic (exact) mass is 256 g/mol. The summed E-state index contributed by atoms with van der Waals surface area (Å²) in [5, 5.41) is 12.1. The molecule has 0 aliphatic carbocycles. The minimum atomic E-state index is -0.746. The van der Waals surface area contributed by atoms with Gasteiger partial charge in [0.15, 0.2) is 0 Å². The van der Waals surface area contributed by atoms with E-state index in [4.69, 9.17) is 11.6 Å². The average Bonchev–Trinajstić information content (AvgIpc) is 2.67. The fourth-order valence-electron chi connectivity index (χ4n) is 1.54. The van der Waals surface area contributed by atoms with E-state index in [1.54, 1.807) is 17.4 Å². The first-order chi connectivity index (χ1) is 7.59. The summed E-state index contributed by atoms with van der Waals surface area (Å²) in [5.41, 5.74) is 1.44. The molecule has 16 heavy (non-hydrogen) atoms. The Labute approximate surface area is 102 Å². The first kappa shape index (κ1) is 11.6. The second kappa shape index (κ2) is 4.53. The second-order valence-electron chi connectivity index (χ2n) is 3.51. The first-order valence-corrected chi connectivity index (χ1v) is 6.02. The summed E-state index contributed by atoms with van der Waals surface area (Å²) in [5.74, 6) is -0.473. The first-order valence-electron chi connectivity index (χ1n) is 4.76. The number of aliphatic hydroxyl groups excluding tert-OH is 1. The highest BCUT2D eigenvalue weighted by Crippen LogP contribution is 2.29. The van der Waals surface area contributed by atoms with Gasteiger partial charge < -0.3 is 5.11 Å². The predicted octanol–water partition coefficient (Wildman–Crippen LogP) is 3.93. The molecule has 0 bridgehead atoms. The van der Waals surface area contributed by atoms with E-state index in [0.717, 1.165) is 10.4 Å². The topological polar surface area (TPSA) is 20.2 Å². The molecule has 0 amide bonds. The molecule has 0 saturated heterocycles. The zero-order chi connectivity index (χ0) is 11.7. The molecule has 84 valence electrons. The summed E-state index contributed by atoms with van der Waals surface area (Å²) in [6.07, 6.45) is -0.746. The zero-order valence-electron chi connectivity index (χ0n) is 8.58. The Hall–Kier alpha value is -0.900. The van der Waals surface area contributed by atoms with Crippen molar-refractivity contribution >= 4 is 22.9 Å². The molecule has 0 aliphatic rings. The van der Waals surface area contributed by atoms with Gasteiger partial charge in [-0.25, -0.2) is 4.39 Å². The van der Waals surface area contributed by atoms with E-state index in [9.17, 15) is 9.50 Å². The lowest BCUT2D eigenvalue weighted by Gasteiger charge is -2.11. The molecular weight excluding hydrogens is 247 g/mol. The van der Waals surface area contributed by atoms with Crippen LogP contribution in [-0.2, 0) is 0 Å². The minimum Gasteiger partial charge on any atom is -0.384 e. The van der Waals surface area contributed by atoms with Crippen molar-refractivity contribution in [3.8, 4) is 0 Å². The van der Waals surface area contributed by atoms with Gasteiger partial charge in [-0.05, 0) is 41.6 Å². The smallest absolute Gasteiger partial charge is 0.141 e. The SMILES string of the molecule is Cc1sccc1C(O)c1ccc(F)c(Cl)c1. The molecule has 1 aromatic carbocycles. The van der Waals surface area contributed by atoms with Gasteiger partial charge in [0.25, 0.3) is 0 Å². The van der Waals surface area contributed by atoms with Crippen LogP contribution < -0.4 is 0 Å². The number of rotatable bonds is 2. The normalized spacial score (nSPS) is 12.8. The molecule has 2 aromatic rings. The van der Waals surface area contributed by atoms with E-state index in [1.807, 2.05) is 18.4 Å². The van der Waals surface area contributed by atoms with Crippen molar-refractivity contribution < 1.29 is 9.50 Å². The summed E-state index contributed by atoms with van der Waals surface area (Å²) in [6, 6.07) is 6.13. The van der Waals surface area contributed by atoms with E-state index in [2.05, 4.69) is 0 Å². The van der Waals surface area contributed by atoms with E-state index < -0.39 is 11.9 Å². The summed E-state index contributed by atoms with van der Waals surface area (Å²) < 4.78 is 13.0. The van der Waals surface area contributed by atoms with Gasteiger partial charge in [0.2, 0.25) is 0 Å². The lowest BCUT2D eigenvalue weighted by molar-refractivity contribution is 0.220. The third-order valence-corrected chi connectivity index (χ3v) is 3.60. The molecular formula is C12H10ClFOS. The van der Waals surface area contributed by atoms with Crippen LogP contribution in [0, 0.1) is 12.7 Å². The number of aliphatic hydroxyl groups is 1. The quantitative estimate of drug-likeness (QED) is 0.863. The van der Waals surface area contributed by atoms with Crippen molar-refractivity contribution in [2.45, 2.75) is 13.0 Å². The van der Waals surface area contributed by atoms with Gasteiger partial charge in [-0.15, -0.1) is 11.3 Å². The fraction of sp³-hybridized carbons (Fsp3) is 0.167. The van der Waals surface area contributed by atoms with Crippen molar-refractivity contribution in [2.24, 2.45) is 0 Å². The van der Waals surface area contributed by atoms with Gasteiger partial charge in [0.1, 0.15) is 11.9 Å². The highest BCUT2D eigenvalue weighted by molar-refractivity contribution is 7.10. The van der Waals surface area contributed by atoms with Gasteiger partial charge in [-0.1, -0.05) is 17.7 Å². The maximum absolute atomic E-state index is 13.0. The third kappa shape index (κ3) is 2.12. The standard InChI is InChI=1S/C12H10ClFOS/c1-7-9(4-5-16-7)12(15)8-2-3-11(14)10(13)6-8/h2-6,12,15H,1H3. The second-order valence-corrected chi connectivity index (χ2v) is 5.04. The van der Waals surface area contributed by atoms with E-state index in [0.29, 0.717) is 5.56 Å². The Morgan fingerprint density at radius 3 is 2.69 bits per heavy atom. The van der Waals surface area contributed by atoms with Crippen LogP contribution in [-0.4, -0.2) is 5.11 Å². The van der Waals surface area contributed by atoms with Crippen LogP contribution in [0.3, 0.4) is 0 Å². The van der Waals surface area contributed by atoms with Crippen LogP contribution >= 0.6 is 22.9 Å². The molecule has 0 aliphatic heterocycles. The predicted molar refractivity (Wildman–Crippen MR) is 64.5 cm³/mol. The molecule has 0 radical (unpaired) electrons. The van der Waals surface area contributed by atoms with Crippen LogP contribution in [0.4, 0.5) is 4.39 Å². The van der Waals surface area contributed by atoms with E-state index >= 15 is 0 Å². The highest BCUT2D eigenvalue weighted by Gasteiger charge is 2.14. The van der Waals surface area contributed by atoms with Crippen LogP contribution in [0.2, 0.25) is 5.02 Å². The zero-order valence-corrected chi connectivity index (χ0v) is 10.1. The molecule has 0 saturated carbocycles. The fourth-order valence-corrected chi connectivity index (χ4v) is 2.46. The molecule has 2 rings (SSSR count). The highest BCUT2D eigenvalue weighted by atomic mass is 35.5. The molecule has 1 atom stereocenters. The number of hydrogen-bond acceptors (Lipinski definition) is 2. The molecule has 1 unspecified atom stereocenters. The lowest BCUT2D eigenvalue weighted by atomic mass is 10.0. The maximum atomic E-state index is 13.0. The average molecular weight is 257 g/mol. The van der Waals surface area contributed by atoms with Gasteiger partial charge >= 0.3 is 0 Å². The Balaban J connectivity index is 2.38. The minimum absolute atomic E-state index is 0.0319. The molecule has 0 fully saturated rings. The summed E-state index contributed by atoms with van der Waals surface area (Å²) in [6.45, 7) is 1.94. The van der Waals surface area contributed by atoms with Crippen molar-refractivity contribution in [3.63, 3.8) is 0 Å². The number of hydrogen-bond donors (Lipinski definition) is 1. The summed E-state index contributed by atoms with van der Waals surface area (Å²) >= 11 is 7.24. The molecule has 0 spiro atoms. The Morgan fingerprint density at radius 1 is 1.38 bits per heavy atom. The molecule has 1 aromatic heterocycles. The van der Waals surface area contributed by atoms with Gasteiger partial charge in [0, 0.05) is 4.88 Å². The summed E-state index contributed by atoms with van der Waals surface area (Å²) in [7, 11) is 0. The van der Waals surface area contributed by atoms with Crippen LogP contribution in [0.25, 0.3) is 0 Å². The summed E-state index contributed by atoms with van der Waals surface area (Å²) in [4.78, 5) is 1.05. The van der Waals surface area contributed by atoms with Gasteiger partial charge in [-0.2, -0.15) is 0 Å². The van der Waals surface area contributed by atoms with Crippen LogP contribution in [0.1, 0.15) is 22.1 Å². The lowest BCUT2D eigenvalue weighted by Crippen LogP contribution is -1.99. The van der Waals surface area contributed by atoms with Crippen molar-refractivity contribution in [1.82, 2.24) is 0 Å². The molecule has 1 N–H and O–H groups in total. The van der Waals surface area contributed by atoms with Crippen molar-refractivity contribution in [2.75, 3.05) is 0 Å². The van der Waals surface area contributed by atoms with Crippen LogP contribution in [0.15, 0.2) is 29.6 Å². The maximum Gasteiger partial charge on any atom is 0.141 e.